The van der Waals surface area contributed by atoms with Gasteiger partial charge in [-0.2, -0.15) is 13.2 Å². The van der Waals surface area contributed by atoms with Gasteiger partial charge in [0, 0.05) is 0 Å². The molecule has 0 saturated heterocycles. The molecule has 0 saturated carbocycles. The summed E-state index contributed by atoms with van der Waals surface area (Å²) >= 11 is 1.40. The molecule has 6 heteroatoms. The summed E-state index contributed by atoms with van der Waals surface area (Å²) in [6.45, 7) is 0. The molecular weight excluding hydrogens is 289 g/mol. The first-order valence-electron chi connectivity index (χ1n) is 2.79. The predicted molar refractivity (Wildman–Crippen MR) is 41.9 cm³/mol. The van der Waals surface area contributed by atoms with E-state index in [-0.39, 0.29) is 3.70 Å². The van der Waals surface area contributed by atoms with Crippen LogP contribution in [0.4, 0.5) is 17.6 Å². The first-order chi connectivity index (χ1) is 5.41. The molecule has 1 rings (SSSR count). The van der Waals surface area contributed by atoms with Gasteiger partial charge in [0.15, 0.2) is 0 Å². The lowest BCUT2D eigenvalue weighted by Crippen LogP contribution is -2.09. The molecule has 0 unspecified atom stereocenters. The van der Waals surface area contributed by atoms with Crippen molar-refractivity contribution in [2.45, 2.75) is 6.18 Å². The second-order valence-corrected chi connectivity index (χ2v) is 3.01. The Hall–Kier alpha value is -0.400. The van der Waals surface area contributed by atoms with Gasteiger partial charge in [0.2, 0.25) is 0 Å². The fourth-order valence-electron chi connectivity index (χ4n) is 0.621. The second kappa shape index (κ2) is 3.15. The first-order valence-corrected chi connectivity index (χ1v) is 3.87. The quantitative estimate of drug-likeness (QED) is 0.407. The molecule has 0 amide bonds. The minimum absolute atomic E-state index is 0.249. The van der Waals surface area contributed by atoms with Crippen molar-refractivity contribution < 1.29 is 17.6 Å². The third kappa shape index (κ3) is 2.05. The molecular formula is C6H2F4IN. The maximum Gasteiger partial charge on any atom is 0.419 e. The molecule has 0 atom stereocenters. The van der Waals surface area contributed by atoms with Crippen molar-refractivity contribution in [1.29, 1.82) is 0 Å². The number of alkyl halides is 3. The number of rotatable bonds is 0. The molecule has 0 spiro atoms. The van der Waals surface area contributed by atoms with Gasteiger partial charge in [0.1, 0.15) is 9.52 Å². The summed E-state index contributed by atoms with van der Waals surface area (Å²) in [5.41, 5.74) is -1.04. The summed E-state index contributed by atoms with van der Waals surface area (Å²) in [5, 5.41) is 0. The van der Waals surface area contributed by atoms with E-state index in [9.17, 15) is 17.6 Å². The van der Waals surface area contributed by atoms with Crippen molar-refractivity contribution in [3.8, 4) is 0 Å². The number of halogens is 5. The highest BCUT2D eigenvalue weighted by molar-refractivity contribution is 14.1. The normalized spacial score (nSPS) is 11.8. The van der Waals surface area contributed by atoms with E-state index in [4.69, 9.17) is 0 Å². The maximum atomic E-state index is 12.3. The Kier molecular flexibility index (Phi) is 2.55. The third-order valence-corrected chi connectivity index (χ3v) is 1.97. The third-order valence-electron chi connectivity index (χ3n) is 1.11. The van der Waals surface area contributed by atoms with E-state index < -0.39 is 17.6 Å². The van der Waals surface area contributed by atoms with E-state index in [0.29, 0.717) is 6.07 Å². The van der Waals surface area contributed by atoms with Crippen LogP contribution in [0.5, 0.6) is 0 Å². The number of aromatic nitrogens is 1. The Labute approximate surface area is 78.9 Å². The van der Waals surface area contributed by atoms with E-state index >= 15 is 0 Å². The summed E-state index contributed by atoms with van der Waals surface area (Å²) in [5.74, 6) is -0.984. The van der Waals surface area contributed by atoms with E-state index in [1.54, 1.807) is 0 Å². The predicted octanol–water partition coefficient (Wildman–Crippen LogP) is 2.84. The van der Waals surface area contributed by atoms with Gasteiger partial charge in [0.25, 0.3) is 0 Å². The SMILES string of the molecule is Fc1cnc(I)c(C(F)(F)F)c1. The molecule has 66 valence electrons. The van der Waals surface area contributed by atoms with Gasteiger partial charge < -0.3 is 0 Å². The number of pyridine rings is 1. The fraction of sp³-hybridized carbons (Fsp3) is 0.167. The monoisotopic (exact) mass is 291 g/mol. The van der Waals surface area contributed by atoms with E-state index in [1.807, 2.05) is 0 Å². The standard InChI is InChI=1S/C6H2F4IN/c7-3-1-4(6(8,9)10)5(11)12-2-3/h1-2H. The minimum Gasteiger partial charge on any atom is -0.247 e. The van der Waals surface area contributed by atoms with Gasteiger partial charge in [0.05, 0.1) is 11.8 Å². The minimum atomic E-state index is -4.54. The average molecular weight is 291 g/mol. The highest BCUT2D eigenvalue weighted by Gasteiger charge is 2.33. The van der Waals surface area contributed by atoms with Crippen LogP contribution in [-0.2, 0) is 6.18 Å². The van der Waals surface area contributed by atoms with E-state index in [1.165, 1.54) is 22.6 Å². The highest BCUT2D eigenvalue weighted by atomic mass is 127. The zero-order chi connectivity index (χ0) is 9.35. The Morgan fingerprint density at radius 3 is 2.33 bits per heavy atom. The molecule has 0 bridgehead atoms. The fourth-order valence-corrected chi connectivity index (χ4v) is 1.22. The zero-order valence-corrected chi connectivity index (χ0v) is 7.65. The molecule has 0 aliphatic rings. The van der Waals surface area contributed by atoms with Crippen LogP contribution in [0.1, 0.15) is 5.56 Å². The van der Waals surface area contributed by atoms with Crippen LogP contribution >= 0.6 is 22.6 Å². The van der Waals surface area contributed by atoms with E-state index in [0.717, 1.165) is 6.20 Å². The average Bonchev–Trinajstić information content (AvgIpc) is 1.92. The van der Waals surface area contributed by atoms with Crippen LogP contribution in [0.15, 0.2) is 12.3 Å². The molecule has 1 aromatic heterocycles. The Morgan fingerprint density at radius 2 is 1.92 bits per heavy atom. The molecule has 1 nitrogen and oxygen atoms in total. The Balaban J connectivity index is 3.23. The topological polar surface area (TPSA) is 12.9 Å². The smallest absolute Gasteiger partial charge is 0.247 e. The lowest BCUT2D eigenvalue weighted by atomic mass is 10.3. The van der Waals surface area contributed by atoms with Gasteiger partial charge in [-0.05, 0) is 28.7 Å². The number of nitrogens with zero attached hydrogens (tertiary/aromatic N) is 1. The van der Waals surface area contributed by atoms with Crippen LogP contribution in [0.2, 0.25) is 0 Å². The summed E-state index contributed by atoms with van der Waals surface area (Å²) in [6, 6.07) is 0.425. The van der Waals surface area contributed by atoms with Crippen molar-refractivity contribution in [2.24, 2.45) is 0 Å². The highest BCUT2D eigenvalue weighted by Crippen LogP contribution is 2.31. The van der Waals surface area contributed by atoms with Gasteiger partial charge in [-0.3, -0.25) is 0 Å². The Bertz CT molecular complexity index is 296. The molecule has 0 radical (unpaired) electrons. The van der Waals surface area contributed by atoms with Crippen molar-refractivity contribution in [3.05, 3.63) is 27.3 Å². The molecule has 1 aromatic rings. The van der Waals surface area contributed by atoms with Gasteiger partial charge in [-0.15, -0.1) is 0 Å². The molecule has 0 aliphatic heterocycles. The van der Waals surface area contributed by atoms with Crippen molar-refractivity contribution in [2.75, 3.05) is 0 Å². The van der Waals surface area contributed by atoms with Crippen LogP contribution < -0.4 is 0 Å². The molecule has 0 fully saturated rings. The summed E-state index contributed by atoms with van der Waals surface area (Å²) in [7, 11) is 0. The first kappa shape index (κ1) is 9.69. The van der Waals surface area contributed by atoms with Crippen LogP contribution in [0.25, 0.3) is 0 Å². The lowest BCUT2D eigenvalue weighted by molar-refractivity contribution is -0.138. The lowest BCUT2D eigenvalue weighted by Gasteiger charge is -2.07. The van der Waals surface area contributed by atoms with Crippen molar-refractivity contribution in [3.63, 3.8) is 0 Å². The maximum absolute atomic E-state index is 12.3. The van der Waals surface area contributed by atoms with E-state index in [2.05, 4.69) is 4.98 Å². The van der Waals surface area contributed by atoms with Gasteiger partial charge >= 0.3 is 6.18 Å². The summed E-state index contributed by atoms with van der Waals surface area (Å²) in [4.78, 5) is 3.24. The van der Waals surface area contributed by atoms with Crippen molar-refractivity contribution >= 4 is 22.6 Å². The Morgan fingerprint density at radius 1 is 1.33 bits per heavy atom. The summed E-state index contributed by atoms with van der Waals surface area (Å²) in [6.07, 6.45) is -3.79. The van der Waals surface area contributed by atoms with Crippen LogP contribution in [-0.4, -0.2) is 4.98 Å². The largest absolute Gasteiger partial charge is 0.419 e. The van der Waals surface area contributed by atoms with Crippen molar-refractivity contribution in [1.82, 2.24) is 4.98 Å². The molecule has 0 N–H and O–H groups in total. The zero-order valence-electron chi connectivity index (χ0n) is 5.49. The molecule has 0 aromatic carbocycles. The van der Waals surface area contributed by atoms with Crippen LogP contribution in [0.3, 0.4) is 0 Å². The van der Waals surface area contributed by atoms with Gasteiger partial charge in [-0.25, -0.2) is 9.37 Å². The second-order valence-electron chi connectivity index (χ2n) is 1.99. The molecule has 1 heterocycles. The number of hydrogen-bond donors (Lipinski definition) is 0. The summed E-state index contributed by atoms with van der Waals surface area (Å²) < 4.78 is 48.1. The number of hydrogen-bond acceptors (Lipinski definition) is 1. The van der Waals surface area contributed by atoms with Gasteiger partial charge in [-0.1, -0.05) is 0 Å². The van der Waals surface area contributed by atoms with Crippen LogP contribution in [0, 0.1) is 9.52 Å². The molecule has 0 aliphatic carbocycles. The molecule has 12 heavy (non-hydrogen) atoms.